The lowest BCUT2D eigenvalue weighted by atomic mass is 10.1. The Morgan fingerprint density at radius 1 is 1.13 bits per heavy atom. The predicted octanol–water partition coefficient (Wildman–Crippen LogP) is 3.07. The van der Waals surface area contributed by atoms with Gasteiger partial charge in [0, 0.05) is 15.8 Å². The number of rotatable bonds is 5. The van der Waals surface area contributed by atoms with Crippen molar-refractivity contribution >= 4 is 40.1 Å². The van der Waals surface area contributed by atoms with E-state index in [0.29, 0.717) is 17.8 Å². The number of anilines is 1. The van der Waals surface area contributed by atoms with Gasteiger partial charge in [-0.3, -0.25) is 9.59 Å². The van der Waals surface area contributed by atoms with E-state index in [9.17, 15) is 9.59 Å². The first-order valence-electron chi connectivity index (χ1n) is 6.88. The van der Waals surface area contributed by atoms with Crippen LogP contribution in [0.25, 0.3) is 0 Å². The molecule has 6 heteroatoms. The largest absolute Gasteiger partial charge is 0.348 e. The van der Waals surface area contributed by atoms with E-state index < -0.39 is 0 Å². The Labute approximate surface area is 147 Å². The van der Waals surface area contributed by atoms with Gasteiger partial charge in [-0.2, -0.15) is 5.26 Å². The Hall–Kier alpha value is -2.40. The van der Waals surface area contributed by atoms with Crippen molar-refractivity contribution in [3.63, 3.8) is 0 Å². The molecule has 0 radical (unpaired) electrons. The van der Waals surface area contributed by atoms with Crippen LogP contribution in [-0.4, -0.2) is 11.8 Å². The lowest BCUT2D eigenvalue weighted by Gasteiger charge is -2.09. The van der Waals surface area contributed by atoms with Gasteiger partial charge in [-0.25, -0.2) is 0 Å². The van der Waals surface area contributed by atoms with Crippen LogP contribution in [-0.2, 0) is 11.3 Å². The van der Waals surface area contributed by atoms with Crippen molar-refractivity contribution < 1.29 is 9.59 Å². The molecule has 0 saturated heterocycles. The van der Waals surface area contributed by atoms with E-state index in [1.165, 1.54) is 0 Å². The summed E-state index contributed by atoms with van der Waals surface area (Å²) in [5.74, 6) is -0.499. The zero-order chi connectivity index (χ0) is 16.7. The number of carbonyl (C=O) groups excluding carboxylic acids is 2. The first-order chi connectivity index (χ1) is 11.1. The van der Waals surface area contributed by atoms with E-state index in [1.807, 2.05) is 24.3 Å². The minimum atomic E-state index is -0.354. The molecule has 2 aromatic carbocycles. The molecule has 23 heavy (non-hydrogen) atoms. The number of benzene rings is 2. The lowest BCUT2D eigenvalue weighted by molar-refractivity contribution is -0.115. The van der Waals surface area contributed by atoms with Crippen LogP contribution >= 0.6 is 22.6 Å². The highest BCUT2D eigenvalue weighted by molar-refractivity contribution is 14.1. The molecule has 0 fully saturated rings. The first-order valence-corrected chi connectivity index (χ1v) is 7.96. The van der Waals surface area contributed by atoms with Crippen molar-refractivity contribution in [1.29, 1.82) is 5.26 Å². The fourth-order valence-corrected chi connectivity index (χ4v) is 2.59. The molecule has 116 valence electrons. The van der Waals surface area contributed by atoms with E-state index >= 15 is 0 Å². The molecule has 2 N–H and O–H groups in total. The number of hydrogen-bond donors (Lipinski definition) is 2. The maximum atomic E-state index is 12.2. The second-order valence-corrected chi connectivity index (χ2v) is 5.91. The van der Waals surface area contributed by atoms with Crippen LogP contribution in [0.4, 0.5) is 5.69 Å². The van der Waals surface area contributed by atoms with E-state index in [0.717, 1.165) is 9.13 Å². The summed E-state index contributed by atoms with van der Waals surface area (Å²) in [4.78, 5) is 23.6. The molecule has 2 amide bonds. The molecule has 5 nitrogen and oxygen atoms in total. The van der Waals surface area contributed by atoms with Gasteiger partial charge in [-0.15, -0.1) is 0 Å². The summed E-state index contributed by atoms with van der Waals surface area (Å²) in [6, 6.07) is 16.3. The van der Waals surface area contributed by atoms with Crippen molar-refractivity contribution in [1.82, 2.24) is 5.32 Å². The number of nitrogens with zero attached hydrogens (tertiary/aromatic N) is 1. The van der Waals surface area contributed by atoms with E-state index in [1.54, 1.807) is 30.3 Å². The molecule has 0 heterocycles. The summed E-state index contributed by atoms with van der Waals surface area (Å²) < 4.78 is 0.889. The van der Waals surface area contributed by atoms with Gasteiger partial charge in [0.25, 0.3) is 5.91 Å². The van der Waals surface area contributed by atoms with Gasteiger partial charge in [-0.05, 0) is 52.4 Å². The van der Waals surface area contributed by atoms with Crippen LogP contribution in [0.5, 0.6) is 0 Å². The van der Waals surface area contributed by atoms with Crippen molar-refractivity contribution in [3.05, 3.63) is 63.2 Å². The number of hydrogen-bond acceptors (Lipinski definition) is 3. The van der Waals surface area contributed by atoms with E-state index in [-0.39, 0.29) is 18.2 Å². The molecule has 2 rings (SSSR count). The smallest absolute Gasteiger partial charge is 0.252 e. The molecule has 0 bridgehead atoms. The minimum absolute atomic E-state index is 0.145. The summed E-state index contributed by atoms with van der Waals surface area (Å²) in [7, 11) is 0. The van der Waals surface area contributed by atoms with Crippen molar-refractivity contribution in [2.45, 2.75) is 13.0 Å². The van der Waals surface area contributed by atoms with Crippen molar-refractivity contribution in [2.75, 3.05) is 5.32 Å². The fourth-order valence-electron chi connectivity index (χ4n) is 1.96. The van der Waals surface area contributed by atoms with Gasteiger partial charge in [0.05, 0.1) is 11.6 Å². The molecule has 0 saturated carbocycles. The summed E-state index contributed by atoms with van der Waals surface area (Å²) >= 11 is 2.12. The number of nitrogens with one attached hydrogen (secondary N) is 2. The minimum Gasteiger partial charge on any atom is -0.348 e. The topological polar surface area (TPSA) is 82.0 Å². The van der Waals surface area contributed by atoms with E-state index in [2.05, 4.69) is 33.2 Å². The summed E-state index contributed by atoms with van der Waals surface area (Å²) in [6.07, 6.45) is -0.187. The standard InChI is InChI=1S/C17H14IN3O2/c18-15-7-2-1-6-14(15)17(23)20-11-12-4-3-5-13(10-12)21-16(22)8-9-19/h1-7,10H,8,11H2,(H,20,23)(H,21,22). The van der Waals surface area contributed by atoms with Gasteiger partial charge in [-0.1, -0.05) is 24.3 Å². The highest BCUT2D eigenvalue weighted by atomic mass is 127. The third-order valence-electron chi connectivity index (χ3n) is 3.02. The average Bonchev–Trinajstić information content (AvgIpc) is 2.53. The van der Waals surface area contributed by atoms with Gasteiger partial charge in [0.1, 0.15) is 6.42 Å². The molecule has 0 aliphatic carbocycles. The SMILES string of the molecule is N#CCC(=O)Nc1cccc(CNC(=O)c2ccccc2I)c1. The number of amides is 2. The van der Waals surface area contributed by atoms with Crippen molar-refractivity contribution in [3.8, 4) is 6.07 Å². The van der Waals surface area contributed by atoms with Gasteiger partial charge in [0.15, 0.2) is 0 Å². The highest BCUT2D eigenvalue weighted by Crippen LogP contribution is 2.13. The van der Waals surface area contributed by atoms with Crippen LogP contribution in [0.2, 0.25) is 0 Å². The molecular formula is C17H14IN3O2. The Kier molecular flexibility index (Phi) is 6.11. The molecule has 0 spiro atoms. The molecular weight excluding hydrogens is 405 g/mol. The highest BCUT2D eigenvalue weighted by Gasteiger charge is 2.09. The monoisotopic (exact) mass is 419 g/mol. The number of halogens is 1. The second kappa shape index (κ2) is 8.29. The average molecular weight is 419 g/mol. The maximum absolute atomic E-state index is 12.2. The number of nitriles is 1. The quantitative estimate of drug-likeness (QED) is 0.731. The van der Waals surface area contributed by atoms with Crippen LogP contribution in [0.3, 0.4) is 0 Å². The van der Waals surface area contributed by atoms with E-state index in [4.69, 9.17) is 5.26 Å². The van der Waals surface area contributed by atoms with Crippen LogP contribution in [0.1, 0.15) is 22.3 Å². The Bertz CT molecular complexity index is 768. The predicted molar refractivity (Wildman–Crippen MR) is 95.6 cm³/mol. The molecule has 0 unspecified atom stereocenters. The molecule has 0 aliphatic heterocycles. The Morgan fingerprint density at radius 3 is 2.65 bits per heavy atom. The van der Waals surface area contributed by atoms with Gasteiger partial charge < -0.3 is 10.6 Å². The summed E-state index contributed by atoms with van der Waals surface area (Å²) in [5, 5.41) is 14.0. The normalized spacial score (nSPS) is 9.74. The summed E-state index contributed by atoms with van der Waals surface area (Å²) in [5.41, 5.74) is 2.09. The maximum Gasteiger partial charge on any atom is 0.252 e. The zero-order valence-electron chi connectivity index (χ0n) is 12.2. The third kappa shape index (κ3) is 5.07. The fraction of sp³-hybridized carbons (Fsp3) is 0.118. The molecule has 0 aromatic heterocycles. The van der Waals surface area contributed by atoms with Gasteiger partial charge in [0.2, 0.25) is 5.91 Å². The lowest BCUT2D eigenvalue weighted by Crippen LogP contribution is -2.23. The van der Waals surface area contributed by atoms with Crippen LogP contribution in [0, 0.1) is 14.9 Å². The molecule has 0 atom stereocenters. The van der Waals surface area contributed by atoms with Crippen LogP contribution < -0.4 is 10.6 Å². The molecule has 0 aliphatic rings. The van der Waals surface area contributed by atoms with Gasteiger partial charge >= 0.3 is 0 Å². The van der Waals surface area contributed by atoms with Crippen molar-refractivity contribution in [2.24, 2.45) is 0 Å². The van der Waals surface area contributed by atoms with Crippen LogP contribution in [0.15, 0.2) is 48.5 Å². The molecule has 2 aromatic rings. The summed E-state index contributed by atoms with van der Waals surface area (Å²) in [6.45, 7) is 0.353. The zero-order valence-corrected chi connectivity index (χ0v) is 14.3. The first kappa shape index (κ1) is 17.0. The third-order valence-corrected chi connectivity index (χ3v) is 3.96. The number of carbonyl (C=O) groups is 2. The Balaban J connectivity index is 1.98. The Morgan fingerprint density at radius 2 is 1.91 bits per heavy atom. The second-order valence-electron chi connectivity index (χ2n) is 4.75.